The van der Waals surface area contributed by atoms with Gasteiger partial charge in [0.25, 0.3) is 5.91 Å². The highest BCUT2D eigenvalue weighted by atomic mass is 16.5. The van der Waals surface area contributed by atoms with Crippen molar-refractivity contribution < 1.29 is 14.3 Å². The second kappa shape index (κ2) is 7.59. The number of benzene rings is 3. The fraction of sp³-hybridized carbons (Fsp3) is 0.0870. The molecule has 29 heavy (non-hydrogen) atoms. The minimum Gasteiger partial charge on any atom is -0.493 e. The summed E-state index contributed by atoms with van der Waals surface area (Å²) in [5.41, 5.74) is 10.9. The Morgan fingerprint density at radius 2 is 1.69 bits per heavy atom. The van der Waals surface area contributed by atoms with E-state index in [2.05, 4.69) is 10.6 Å². The van der Waals surface area contributed by atoms with Gasteiger partial charge in [0.15, 0.2) is 11.5 Å². The molecule has 3 aromatic carbocycles. The summed E-state index contributed by atoms with van der Waals surface area (Å²) in [6.07, 6.45) is 0. The van der Waals surface area contributed by atoms with E-state index in [4.69, 9.17) is 15.2 Å². The monoisotopic (exact) mass is 387 g/mol. The van der Waals surface area contributed by atoms with Gasteiger partial charge in [0.05, 0.1) is 25.5 Å². The van der Waals surface area contributed by atoms with Crippen molar-refractivity contribution in [1.29, 1.82) is 0 Å². The number of nitrogens with two attached hydrogens (primary N) is 1. The van der Waals surface area contributed by atoms with Gasteiger partial charge in [0, 0.05) is 28.7 Å². The summed E-state index contributed by atoms with van der Waals surface area (Å²) >= 11 is 0. The number of methoxy groups -OCH3 is 2. The molecule has 1 amide bonds. The number of amides is 1. The Kier molecular flexibility index (Phi) is 4.83. The minimum atomic E-state index is -0.183. The van der Waals surface area contributed by atoms with Crippen LogP contribution in [-0.2, 0) is 4.79 Å². The SMILES string of the molecule is COc1ccc(N/C(=C2\C(=O)Nc3ccc(N)cc32)c2ccccc2)cc1OC. The molecule has 0 unspecified atom stereocenters. The van der Waals surface area contributed by atoms with Crippen LogP contribution in [0.15, 0.2) is 66.7 Å². The Bertz CT molecular complexity index is 1110. The minimum absolute atomic E-state index is 0.183. The zero-order chi connectivity index (χ0) is 20.4. The summed E-state index contributed by atoms with van der Waals surface area (Å²) in [6.45, 7) is 0. The van der Waals surface area contributed by atoms with Crippen LogP contribution < -0.4 is 25.8 Å². The van der Waals surface area contributed by atoms with Crippen molar-refractivity contribution in [3.05, 3.63) is 77.9 Å². The fourth-order valence-electron chi connectivity index (χ4n) is 3.38. The molecule has 6 nitrogen and oxygen atoms in total. The largest absolute Gasteiger partial charge is 0.493 e. The van der Waals surface area contributed by atoms with Crippen LogP contribution >= 0.6 is 0 Å². The summed E-state index contributed by atoms with van der Waals surface area (Å²) in [7, 11) is 3.17. The number of fused-ring (bicyclic) bond motifs is 1. The molecule has 1 aliphatic heterocycles. The summed E-state index contributed by atoms with van der Waals surface area (Å²) in [4.78, 5) is 12.9. The summed E-state index contributed by atoms with van der Waals surface area (Å²) in [5, 5.41) is 6.31. The van der Waals surface area contributed by atoms with Gasteiger partial charge in [-0.2, -0.15) is 0 Å². The number of rotatable bonds is 5. The van der Waals surface area contributed by atoms with Gasteiger partial charge in [-0.3, -0.25) is 4.79 Å². The summed E-state index contributed by atoms with van der Waals surface area (Å²) < 4.78 is 10.7. The van der Waals surface area contributed by atoms with Crippen molar-refractivity contribution in [3.8, 4) is 11.5 Å². The van der Waals surface area contributed by atoms with Crippen LogP contribution in [0.25, 0.3) is 11.3 Å². The van der Waals surface area contributed by atoms with Gasteiger partial charge in [-0.05, 0) is 35.9 Å². The highest BCUT2D eigenvalue weighted by molar-refractivity contribution is 6.37. The number of nitrogens with one attached hydrogen (secondary N) is 2. The first kappa shape index (κ1) is 18.4. The van der Waals surface area contributed by atoms with Crippen LogP contribution in [0.5, 0.6) is 11.5 Å². The van der Waals surface area contributed by atoms with E-state index >= 15 is 0 Å². The van der Waals surface area contributed by atoms with Crippen LogP contribution in [0.1, 0.15) is 11.1 Å². The summed E-state index contributed by atoms with van der Waals surface area (Å²) in [5.74, 6) is 1.04. The van der Waals surface area contributed by atoms with Gasteiger partial charge >= 0.3 is 0 Å². The third kappa shape index (κ3) is 3.48. The van der Waals surface area contributed by atoms with Crippen molar-refractivity contribution in [2.45, 2.75) is 0 Å². The maximum atomic E-state index is 12.9. The van der Waals surface area contributed by atoms with E-state index in [0.717, 1.165) is 22.5 Å². The van der Waals surface area contributed by atoms with Gasteiger partial charge in [-0.25, -0.2) is 0 Å². The number of nitrogen functional groups attached to an aromatic ring is 1. The van der Waals surface area contributed by atoms with Crippen LogP contribution in [-0.4, -0.2) is 20.1 Å². The second-order valence-corrected chi connectivity index (χ2v) is 6.57. The van der Waals surface area contributed by atoms with Crippen molar-refractivity contribution in [2.75, 3.05) is 30.6 Å². The first-order valence-corrected chi connectivity index (χ1v) is 9.10. The molecule has 3 aromatic rings. The van der Waals surface area contributed by atoms with Gasteiger partial charge in [-0.15, -0.1) is 0 Å². The predicted molar refractivity (Wildman–Crippen MR) is 116 cm³/mol. The molecular weight excluding hydrogens is 366 g/mol. The van der Waals surface area contributed by atoms with E-state index in [1.807, 2.05) is 60.7 Å². The molecular formula is C23H21N3O3. The Hall–Kier alpha value is -3.93. The molecule has 0 bridgehead atoms. The highest BCUT2D eigenvalue weighted by Crippen LogP contribution is 2.39. The standard InChI is InChI=1S/C23H21N3O3/c1-28-19-11-9-16(13-20(19)29-2)25-22(14-6-4-3-5-7-14)21-17-12-15(24)8-10-18(17)26-23(21)27/h3-13,25H,24H2,1-2H3,(H,26,27)/b22-21-. The molecule has 146 valence electrons. The number of hydrogen-bond acceptors (Lipinski definition) is 5. The topological polar surface area (TPSA) is 85.6 Å². The van der Waals surface area contributed by atoms with Crippen molar-refractivity contribution in [3.63, 3.8) is 0 Å². The van der Waals surface area contributed by atoms with Crippen molar-refractivity contribution in [1.82, 2.24) is 0 Å². The molecule has 0 aliphatic carbocycles. The molecule has 6 heteroatoms. The lowest BCUT2D eigenvalue weighted by atomic mass is 9.99. The molecule has 0 fully saturated rings. The van der Waals surface area contributed by atoms with E-state index in [0.29, 0.717) is 28.5 Å². The lowest BCUT2D eigenvalue weighted by Gasteiger charge is -2.16. The molecule has 4 N–H and O–H groups in total. The Morgan fingerprint density at radius 1 is 0.931 bits per heavy atom. The third-order valence-corrected chi connectivity index (χ3v) is 4.75. The third-order valence-electron chi connectivity index (χ3n) is 4.75. The highest BCUT2D eigenvalue weighted by Gasteiger charge is 2.28. The molecule has 4 rings (SSSR count). The molecule has 0 radical (unpaired) electrons. The zero-order valence-corrected chi connectivity index (χ0v) is 16.2. The first-order valence-electron chi connectivity index (χ1n) is 9.10. The normalized spacial score (nSPS) is 14.1. The number of hydrogen-bond donors (Lipinski definition) is 3. The van der Waals surface area contributed by atoms with Gasteiger partial charge in [0.1, 0.15) is 0 Å². The van der Waals surface area contributed by atoms with E-state index in [9.17, 15) is 4.79 Å². The number of anilines is 3. The van der Waals surface area contributed by atoms with Gasteiger partial charge < -0.3 is 25.8 Å². The Labute approximate surface area is 169 Å². The Morgan fingerprint density at radius 3 is 2.41 bits per heavy atom. The zero-order valence-electron chi connectivity index (χ0n) is 16.2. The molecule has 0 aromatic heterocycles. The molecule has 1 aliphatic rings. The smallest absolute Gasteiger partial charge is 0.258 e. The van der Waals surface area contributed by atoms with E-state index in [1.54, 1.807) is 20.3 Å². The number of carbonyl (C=O) groups excluding carboxylic acids is 1. The maximum Gasteiger partial charge on any atom is 0.258 e. The molecule has 0 saturated heterocycles. The van der Waals surface area contributed by atoms with Crippen LogP contribution in [0, 0.1) is 0 Å². The average Bonchev–Trinajstić information content (AvgIpc) is 3.07. The van der Waals surface area contributed by atoms with Gasteiger partial charge in [-0.1, -0.05) is 30.3 Å². The average molecular weight is 387 g/mol. The van der Waals surface area contributed by atoms with E-state index in [1.165, 1.54) is 0 Å². The second-order valence-electron chi connectivity index (χ2n) is 6.57. The van der Waals surface area contributed by atoms with Crippen LogP contribution in [0.2, 0.25) is 0 Å². The fourth-order valence-corrected chi connectivity index (χ4v) is 3.38. The Balaban J connectivity index is 1.88. The first-order chi connectivity index (χ1) is 14.1. The lowest BCUT2D eigenvalue weighted by molar-refractivity contribution is -0.110. The van der Waals surface area contributed by atoms with Crippen molar-refractivity contribution in [2.24, 2.45) is 0 Å². The predicted octanol–water partition coefficient (Wildman–Crippen LogP) is 4.22. The number of carbonyl (C=O) groups is 1. The molecule has 0 spiro atoms. The van der Waals surface area contributed by atoms with Gasteiger partial charge in [0.2, 0.25) is 0 Å². The van der Waals surface area contributed by atoms with E-state index < -0.39 is 0 Å². The van der Waals surface area contributed by atoms with E-state index in [-0.39, 0.29) is 5.91 Å². The maximum absolute atomic E-state index is 12.9. The summed E-state index contributed by atoms with van der Waals surface area (Å²) in [6, 6.07) is 20.6. The quantitative estimate of drug-likeness (QED) is 0.451. The molecule has 0 saturated carbocycles. The lowest BCUT2D eigenvalue weighted by Crippen LogP contribution is -2.10. The molecule has 1 heterocycles. The van der Waals surface area contributed by atoms with Crippen LogP contribution in [0.3, 0.4) is 0 Å². The van der Waals surface area contributed by atoms with Crippen LogP contribution in [0.4, 0.5) is 17.1 Å². The molecule has 0 atom stereocenters. The number of ether oxygens (including phenoxy) is 2. The van der Waals surface area contributed by atoms with Crippen molar-refractivity contribution >= 4 is 34.2 Å².